The average molecular weight is 307 g/mol. The molecule has 0 heterocycles. The number of hydrogen-bond donors (Lipinski definition) is 2. The van der Waals surface area contributed by atoms with Gasteiger partial charge in [0.15, 0.2) is 0 Å². The predicted molar refractivity (Wildman–Crippen MR) is 76.9 cm³/mol. The van der Waals surface area contributed by atoms with Crippen LogP contribution in [0.3, 0.4) is 0 Å². The van der Waals surface area contributed by atoms with E-state index >= 15 is 0 Å². The Morgan fingerprint density at radius 2 is 1.85 bits per heavy atom. The van der Waals surface area contributed by atoms with Crippen LogP contribution < -0.4 is 5.32 Å². The highest BCUT2D eigenvalue weighted by Gasteiger charge is 2.33. The summed E-state index contributed by atoms with van der Waals surface area (Å²) in [5.74, 6) is 0.466. The van der Waals surface area contributed by atoms with Crippen LogP contribution in [-0.4, -0.2) is 35.4 Å². The van der Waals surface area contributed by atoms with Crippen LogP contribution in [0, 0.1) is 0 Å². The molecule has 2 atom stereocenters. The molecule has 0 aromatic heterocycles. The molecule has 0 saturated heterocycles. The van der Waals surface area contributed by atoms with E-state index in [1.54, 1.807) is 37.3 Å². The Hall–Kier alpha value is -0.720. The molecular weight excluding hydrogens is 287 g/mol. The molecule has 114 valence electrons. The van der Waals surface area contributed by atoms with E-state index in [0.29, 0.717) is 11.3 Å². The maximum Gasteiger partial charge on any atom is 0.390 e. The molecule has 0 fully saturated rings. The van der Waals surface area contributed by atoms with E-state index in [9.17, 15) is 18.3 Å². The first-order valence-electron chi connectivity index (χ1n) is 6.30. The predicted octanol–water partition coefficient (Wildman–Crippen LogP) is 3.38. The minimum absolute atomic E-state index is 0.115. The second kappa shape index (κ2) is 7.33. The maximum atomic E-state index is 12.7. The Bertz CT molecular complexity index is 395. The lowest BCUT2D eigenvalue weighted by atomic mass is 10.0. The number of hydrogen-bond acceptors (Lipinski definition) is 3. The number of halogens is 3. The van der Waals surface area contributed by atoms with Gasteiger partial charge in [0.05, 0.1) is 12.0 Å². The van der Waals surface area contributed by atoms with Gasteiger partial charge in [-0.15, -0.1) is 0 Å². The topological polar surface area (TPSA) is 32.3 Å². The lowest BCUT2D eigenvalue weighted by Gasteiger charge is -2.27. The van der Waals surface area contributed by atoms with Crippen molar-refractivity contribution in [1.82, 2.24) is 5.32 Å². The van der Waals surface area contributed by atoms with Gasteiger partial charge in [-0.25, -0.2) is 0 Å². The van der Waals surface area contributed by atoms with Crippen molar-refractivity contribution in [2.45, 2.75) is 31.2 Å². The second-order valence-corrected chi connectivity index (χ2v) is 5.96. The monoisotopic (exact) mass is 307 g/mol. The quantitative estimate of drug-likeness (QED) is 0.810. The molecule has 1 aromatic rings. The molecule has 0 amide bonds. The van der Waals surface area contributed by atoms with Gasteiger partial charge >= 0.3 is 6.18 Å². The smallest absolute Gasteiger partial charge is 0.388 e. The van der Waals surface area contributed by atoms with Gasteiger partial charge in [-0.3, -0.25) is 0 Å². The van der Waals surface area contributed by atoms with E-state index < -0.39 is 24.2 Å². The van der Waals surface area contributed by atoms with Gasteiger partial charge in [0.25, 0.3) is 0 Å². The van der Waals surface area contributed by atoms with Gasteiger partial charge in [-0.05, 0) is 18.7 Å². The number of benzene rings is 1. The lowest BCUT2D eigenvalue weighted by Crippen LogP contribution is -2.42. The van der Waals surface area contributed by atoms with Gasteiger partial charge in [-0.2, -0.15) is 24.9 Å². The fraction of sp³-hybridized carbons (Fsp3) is 0.571. The first-order valence-corrected chi connectivity index (χ1v) is 7.69. The summed E-state index contributed by atoms with van der Waals surface area (Å²) in [5.41, 5.74) is -0.456. The molecule has 20 heavy (non-hydrogen) atoms. The fourth-order valence-corrected chi connectivity index (χ4v) is 2.65. The molecular formula is C14H20F3NOS. The minimum atomic E-state index is -4.25. The zero-order chi connectivity index (χ0) is 15.2. The molecule has 0 aliphatic carbocycles. The van der Waals surface area contributed by atoms with E-state index in [-0.39, 0.29) is 6.54 Å². The van der Waals surface area contributed by atoms with E-state index in [2.05, 4.69) is 5.32 Å². The number of aliphatic hydroxyl groups is 1. The molecule has 2 nitrogen and oxygen atoms in total. The number of nitrogens with one attached hydrogen (secondary N) is 1. The van der Waals surface area contributed by atoms with Crippen LogP contribution in [0.4, 0.5) is 13.2 Å². The Kier molecular flexibility index (Phi) is 6.36. The molecule has 0 spiro atoms. The molecule has 0 aliphatic rings. The van der Waals surface area contributed by atoms with E-state index in [0.717, 1.165) is 0 Å². The summed E-state index contributed by atoms with van der Waals surface area (Å²) in [6, 6.07) is 7.66. The summed E-state index contributed by atoms with van der Waals surface area (Å²) in [5, 5.41) is 12.9. The van der Waals surface area contributed by atoms with E-state index in [1.165, 1.54) is 11.8 Å². The number of rotatable bonds is 7. The summed E-state index contributed by atoms with van der Waals surface area (Å²) in [4.78, 5) is 0. The van der Waals surface area contributed by atoms with Crippen LogP contribution in [0.1, 0.15) is 24.9 Å². The average Bonchev–Trinajstić information content (AvgIpc) is 2.34. The first-order chi connectivity index (χ1) is 9.23. The Morgan fingerprint density at radius 3 is 2.35 bits per heavy atom. The van der Waals surface area contributed by atoms with Crippen LogP contribution in [0.5, 0.6) is 0 Å². The standard InChI is InChI=1S/C14H20F3NOS/c1-13(19,10-20-2)9-18-12(8-14(15,16)17)11-6-4-3-5-7-11/h3-7,12,18-19H,8-10H2,1-2H3. The van der Waals surface area contributed by atoms with Crippen LogP contribution in [-0.2, 0) is 0 Å². The maximum absolute atomic E-state index is 12.7. The molecule has 0 bridgehead atoms. The van der Waals surface area contributed by atoms with Crippen molar-refractivity contribution < 1.29 is 18.3 Å². The van der Waals surface area contributed by atoms with E-state index in [4.69, 9.17) is 0 Å². The molecule has 0 saturated carbocycles. The number of alkyl halides is 3. The third kappa shape index (κ3) is 6.63. The largest absolute Gasteiger partial charge is 0.390 e. The Balaban J connectivity index is 2.74. The van der Waals surface area contributed by atoms with Crippen LogP contribution >= 0.6 is 11.8 Å². The summed E-state index contributed by atoms with van der Waals surface area (Å²) < 4.78 is 38.0. The Morgan fingerprint density at radius 1 is 1.25 bits per heavy atom. The van der Waals surface area contributed by atoms with Gasteiger partial charge in [-0.1, -0.05) is 30.3 Å². The molecule has 2 unspecified atom stereocenters. The SMILES string of the molecule is CSCC(C)(O)CNC(CC(F)(F)F)c1ccccc1. The van der Waals surface area contributed by atoms with Crippen molar-refractivity contribution in [3.63, 3.8) is 0 Å². The van der Waals surface area contributed by atoms with Crippen LogP contribution in [0.15, 0.2) is 30.3 Å². The highest BCUT2D eigenvalue weighted by Crippen LogP contribution is 2.29. The van der Waals surface area contributed by atoms with Crippen molar-refractivity contribution in [3.05, 3.63) is 35.9 Å². The Labute approximate surface area is 121 Å². The number of thioether (sulfide) groups is 1. The third-order valence-electron chi connectivity index (χ3n) is 2.82. The minimum Gasteiger partial charge on any atom is -0.388 e. The van der Waals surface area contributed by atoms with Gasteiger partial charge in [0, 0.05) is 18.3 Å². The molecule has 2 N–H and O–H groups in total. The highest BCUT2D eigenvalue weighted by atomic mass is 32.2. The van der Waals surface area contributed by atoms with Crippen molar-refractivity contribution in [2.24, 2.45) is 0 Å². The third-order valence-corrected chi connectivity index (χ3v) is 3.73. The molecule has 1 rings (SSSR count). The summed E-state index contributed by atoms with van der Waals surface area (Å²) in [6.45, 7) is 1.73. The fourth-order valence-electron chi connectivity index (χ4n) is 1.93. The van der Waals surface area contributed by atoms with Gasteiger partial charge < -0.3 is 10.4 Å². The highest BCUT2D eigenvalue weighted by molar-refractivity contribution is 7.98. The second-order valence-electron chi connectivity index (χ2n) is 5.09. The summed E-state index contributed by atoms with van der Waals surface area (Å²) in [6.07, 6.45) is -3.36. The van der Waals surface area contributed by atoms with Crippen molar-refractivity contribution in [2.75, 3.05) is 18.6 Å². The normalized spacial score (nSPS) is 16.7. The van der Waals surface area contributed by atoms with Crippen LogP contribution in [0.2, 0.25) is 0 Å². The zero-order valence-electron chi connectivity index (χ0n) is 11.6. The van der Waals surface area contributed by atoms with Gasteiger partial charge in [0.1, 0.15) is 0 Å². The molecule has 1 aromatic carbocycles. The van der Waals surface area contributed by atoms with E-state index in [1.807, 2.05) is 6.26 Å². The first kappa shape index (κ1) is 17.3. The molecule has 0 radical (unpaired) electrons. The van der Waals surface area contributed by atoms with Crippen molar-refractivity contribution >= 4 is 11.8 Å². The molecule has 0 aliphatic heterocycles. The molecule has 6 heteroatoms. The van der Waals surface area contributed by atoms with Crippen LogP contribution in [0.25, 0.3) is 0 Å². The van der Waals surface area contributed by atoms with Crippen molar-refractivity contribution in [1.29, 1.82) is 0 Å². The summed E-state index contributed by atoms with van der Waals surface area (Å²) >= 11 is 1.46. The summed E-state index contributed by atoms with van der Waals surface area (Å²) in [7, 11) is 0. The van der Waals surface area contributed by atoms with Gasteiger partial charge in [0.2, 0.25) is 0 Å². The lowest BCUT2D eigenvalue weighted by molar-refractivity contribution is -0.141. The van der Waals surface area contributed by atoms with Crippen molar-refractivity contribution in [3.8, 4) is 0 Å². The zero-order valence-corrected chi connectivity index (χ0v) is 12.4.